The zero-order valence-electron chi connectivity index (χ0n) is 7.88. The second-order valence-electron chi connectivity index (χ2n) is 2.45. The van der Waals surface area contributed by atoms with E-state index < -0.39 is 0 Å². The van der Waals surface area contributed by atoms with Crippen molar-refractivity contribution in [2.75, 3.05) is 27.4 Å². The van der Waals surface area contributed by atoms with Crippen molar-refractivity contribution in [1.82, 2.24) is 10.2 Å². The Morgan fingerprint density at radius 1 is 1.55 bits per heavy atom. The van der Waals surface area contributed by atoms with Gasteiger partial charge in [-0.3, -0.25) is 5.32 Å². The highest BCUT2D eigenvalue weighted by atomic mass is 32.2. The number of amidine groups is 1. The molecule has 4 heteroatoms. The standard InChI is InChI=1S/C7H17N3S/c1-6(10(3)4)9-7(8-2)11-5/h7-8H,1-5H3/b9-6+. The van der Waals surface area contributed by atoms with Crippen LogP contribution in [0.5, 0.6) is 0 Å². The van der Waals surface area contributed by atoms with Crippen molar-refractivity contribution in [3.63, 3.8) is 0 Å². The number of aliphatic imine (C=N–C) groups is 1. The molecule has 0 aromatic rings. The molecule has 0 aromatic heterocycles. The van der Waals surface area contributed by atoms with E-state index in [-0.39, 0.29) is 5.50 Å². The van der Waals surface area contributed by atoms with Crippen LogP contribution in [-0.4, -0.2) is 43.6 Å². The molecule has 1 unspecified atom stereocenters. The Balaban J connectivity index is 4.03. The van der Waals surface area contributed by atoms with Crippen molar-refractivity contribution < 1.29 is 0 Å². The van der Waals surface area contributed by atoms with Crippen LogP contribution in [0.25, 0.3) is 0 Å². The molecule has 0 heterocycles. The Hall–Kier alpha value is -0.220. The van der Waals surface area contributed by atoms with Crippen LogP contribution in [0.2, 0.25) is 0 Å². The molecule has 0 aliphatic heterocycles. The Bertz CT molecular complexity index is 130. The first-order valence-electron chi connectivity index (χ1n) is 3.53. The Morgan fingerprint density at radius 3 is 2.36 bits per heavy atom. The maximum Gasteiger partial charge on any atom is 0.148 e. The molecule has 0 saturated heterocycles. The molecule has 0 spiro atoms. The van der Waals surface area contributed by atoms with Crippen LogP contribution in [0.1, 0.15) is 6.92 Å². The van der Waals surface area contributed by atoms with E-state index in [2.05, 4.69) is 10.3 Å². The lowest BCUT2D eigenvalue weighted by Crippen LogP contribution is -2.25. The van der Waals surface area contributed by atoms with Crippen molar-refractivity contribution in [1.29, 1.82) is 0 Å². The SMILES string of the molecule is CNC(/N=C(\C)N(C)C)SC. The average Bonchev–Trinajstić information content (AvgIpc) is 1.99. The minimum Gasteiger partial charge on any atom is -0.367 e. The molecule has 1 atom stereocenters. The third kappa shape index (κ3) is 4.27. The summed E-state index contributed by atoms with van der Waals surface area (Å²) < 4.78 is 0. The largest absolute Gasteiger partial charge is 0.367 e. The normalized spacial score (nSPS) is 14.8. The van der Waals surface area contributed by atoms with E-state index in [4.69, 9.17) is 0 Å². The van der Waals surface area contributed by atoms with Crippen molar-refractivity contribution >= 4 is 17.6 Å². The summed E-state index contributed by atoms with van der Waals surface area (Å²) in [5.74, 6) is 1.04. The highest BCUT2D eigenvalue weighted by Crippen LogP contribution is 2.03. The summed E-state index contributed by atoms with van der Waals surface area (Å²) in [4.78, 5) is 6.41. The molecule has 1 N–H and O–H groups in total. The predicted molar refractivity (Wildman–Crippen MR) is 53.2 cm³/mol. The van der Waals surface area contributed by atoms with Gasteiger partial charge < -0.3 is 4.90 Å². The van der Waals surface area contributed by atoms with Crippen LogP contribution in [-0.2, 0) is 0 Å². The summed E-state index contributed by atoms with van der Waals surface area (Å²) in [6.07, 6.45) is 2.04. The molecule has 0 aliphatic carbocycles. The number of hydrogen-bond acceptors (Lipinski definition) is 3. The fraction of sp³-hybridized carbons (Fsp3) is 0.857. The van der Waals surface area contributed by atoms with E-state index in [9.17, 15) is 0 Å². The van der Waals surface area contributed by atoms with Gasteiger partial charge in [-0.15, -0.1) is 11.8 Å². The van der Waals surface area contributed by atoms with Gasteiger partial charge in [0.1, 0.15) is 5.50 Å². The van der Waals surface area contributed by atoms with Crippen molar-refractivity contribution in [3.8, 4) is 0 Å². The summed E-state index contributed by atoms with van der Waals surface area (Å²) >= 11 is 1.69. The molecular formula is C7H17N3S. The molecule has 0 amide bonds. The van der Waals surface area contributed by atoms with Crippen molar-refractivity contribution in [3.05, 3.63) is 0 Å². The monoisotopic (exact) mass is 175 g/mol. The van der Waals surface area contributed by atoms with Crippen LogP contribution < -0.4 is 5.32 Å². The quantitative estimate of drug-likeness (QED) is 0.391. The number of thioether (sulfide) groups is 1. The molecule has 66 valence electrons. The first-order chi connectivity index (χ1) is 5.11. The lowest BCUT2D eigenvalue weighted by atomic mass is 10.6. The number of rotatable bonds is 3. The van der Waals surface area contributed by atoms with E-state index in [0.717, 1.165) is 5.84 Å². The molecule has 0 fully saturated rings. The van der Waals surface area contributed by atoms with Gasteiger partial charge in [-0.2, -0.15) is 0 Å². The van der Waals surface area contributed by atoms with Crippen molar-refractivity contribution in [2.45, 2.75) is 12.4 Å². The Kier molecular flexibility index (Phi) is 5.32. The number of nitrogens with one attached hydrogen (secondary N) is 1. The predicted octanol–water partition coefficient (Wildman–Crippen LogP) is 0.832. The van der Waals surface area contributed by atoms with E-state index in [0.29, 0.717) is 0 Å². The highest BCUT2D eigenvalue weighted by molar-refractivity contribution is 7.99. The third-order valence-electron chi connectivity index (χ3n) is 1.42. The maximum atomic E-state index is 4.41. The van der Waals surface area contributed by atoms with E-state index in [1.165, 1.54) is 0 Å². The molecule has 0 aliphatic rings. The minimum atomic E-state index is 0.178. The van der Waals surface area contributed by atoms with Gasteiger partial charge in [0, 0.05) is 14.1 Å². The lowest BCUT2D eigenvalue weighted by molar-refractivity contribution is 0.606. The molecular weight excluding hydrogens is 158 g/mol. The Labute approximate surface area is 73.3 Å². The van der Waals surface area contributed by atoms with Gasteiger partial charge in [0.25, 0.3) is 0 Å². The average molecular weight is 175 g/mol. The summed E-state index contributed by atoms with van der Waals surface area (Å²) in [7, 11) is 5.89. The lowest BCUT2D eigenvalue weighted by Gasteiger charge is -2.15. The summed E-state index contributed by atoms with van der Waals surface area (Å²) in [6, 6.07) is 0. The first kappa shape index (κ1) is 10.8. The number of hydrogen-bond donors (Lipinski definition) is 1. The van der Waals surface area contributed by atoms with Crippen LogP contribution in [0.4, 0.5) is 0 Å². The maximum absolute atomic E-state index is 4.41. The van der Waals surface area contributed by atoms with E-state index in [1.54, 1.807) is 11.8 Å². The summed E-state index contributed by atoms with van der Waals surface area (Å²) in [5.41, 5.74) is 0.178. The Morgan fingerprint density at radius 2 is 2.09 bits per heavy atom. The van der Waals surface area contributed by atoms with Gasteiger partial charge >= 0.3 is 0 Å². The smallest absolute Gasteiger partial charge is 0.148 e. The minimum absolute atomic E-state index is 0.178. The number of nitrogens with zero attached hydrogens (tertiary/aromatic N) is 2. The van der Waals surface area contributed by atoms with Gasteiger partial charge in [-0.1, -0.05) is 0 Å². The third-order valence-corrected chi connectivity index (χ3v) is 2.21. The van der Waals surface area contributed by atoms with Gasteiger partial charge in [-0.25, -0.2) is 4.99 Å². The molecule has 0 bridgehead atoms. The fourth-order valence-electron chi connectivity index (χ4n) is 0.520. The van der Waals surface area contributed by atoms with E-state index in [1.807, 2.05) is 39.2 Å². The molecule has 0 saturated carbocycles. The van der Waals surface area contributed by atoms with Gasteiger partial charge in [0.2, 0.25) is 0 Å². The second kappa shape index (κ2) is 5.43. The topological polar surface area (TPSA) is 27.6 Å². The van der Waals surface area contributed by atoms with E-state index >= 15 is 0 Å². The van der Waals surface area contributed by atoms with Gasteiger partial charge in [-0.05, 0) is 20.2 Å². The van der Waals surface area contributed by atoms with Crippen LogP contribution in [0.3, 0.4) is 0 Å². The van der Waals surface area contributed by atoms with Crippen molar-refractivity contribution in [2.24, 2.45) is 4.99 Å². The van der Waals surface area contributed by atoms with Gasteiger partial charge in [0.05, 0.1) is 5.84 Å². The van der Waals surface area contributed by atoms with Crippen LogP contribution in [0, 0.1) is 0 Å². The molecule has 0 rings (SSSR count). The van der Waals surface area contributed by atoms with Crippen LogP contribution in [0.15, 0.2) is 4.99 Å². The fourth-order valence-corrected chi connectivity index (χ4v) is 1.01. The highest BCUT2D eigenvalue weighted by Gasteiger charge is 2.00. The first-order valence-corrected chi connectivity index (χ1v) is 4.82. The van der Waals surface area contributed by atoms with Gasteiger partial charge in [0.15, 0.2) is 0 Å². The summed E-state index contributed by atoms with van der Waals surface area (Å²) in [6.45, 7) is 2.00. The van der Waals surface area contributed by atoms with Crippen LogP contribution >= 0.6 is 11.8 Å². The molecule has 0 aromatic carbocycles. The zero-order valence-corrected chi connectivity index (χ0v) is 8.70. The molecule has 0 radical (unpaired) electrons. The summed E-state index contributed by atoms with van der Waals surface area (Å²) in [5, 5.41) is 3.09. The molecule has 3 nitrogen and oxygen atoms in total. The molecule has 11 heavy (non-hydrogen) atoms. The second-order valence-corrected chi connectivity index (χ2v) is 3.37. The zero-order chi connectivity index (χ0) is 8.85.